The van der Waals surface area contributed by atoms with E-state index in [-0.39, 0.29) is 18.2 Å². The molecule has 0 aliphatic heterocycles. The molecular formula is C16H9F5N2OS. The van der Waals surface area contributed by atoms with Gasteiger partial charge in [0, 0.05) is 5.69 Å². The lowest BCUT2D eigenvalue weighted by Crippen LogP contribution is -2.15. The smallest absolute Gasteiger partial charge is 0.234 e. The number of carbonyl (C=O) groups is 1. The minimum atomic E-state index is -2.25. The Morgan fingerprint density at radius 2 is 1.48 bits per heavy atom. The molecule has 2 aromatic rings. The zero-order chi connectivity index (χ0) is 18.6. The first kappa shape index (κ1) is 18.7. The summed E-state index contributed by atoms with van der Waals surface area (Å²) in [6, 6.07) is 8.21. The molecule has 1 amide bonds. The predicted octanol–water partition coefficient (Wildman–Crippen LogP) is 4.18. The van der Waals surface area contributed by atoms with Crippen molar-refractivity contribution >= 4 is 23.4 Å². The van der Waals surface area contributed by atoms with Crippen LogP contribution in [0.3, 0.4) is 0 Å². The Bertz CT molecular complexity index is 820. The molecule has 130 valence electrons. The fourth-order valence-electron chi connectivity index (χ4n) is 1.84. The molecule has 0 atom stereocenters. The van der Waals surface area contributed by atoms with Gasteiger partial charge < -0.3 is 5.32 Å². The number of benzene rings is 2. The summed E-state index contributed by atoms with van der Waals surface area (Å²) in [5.74, 6) is -11.6. The van der Waals surface area contributed by atoms with Crippen molar-refractivity contribution in [2.24, 2.45) is 0 Å². The van der Waals surface area contributed by atoms with Gasteiger partial charge in [0.05, 0.1) is 23.1 Å². The van der Waals surface area contributed by atoms with Crippen molar-refractivity contribution in [1.82, 2.24) is 0 Å². The minimum Gasteiger partial charge on any atom is -0.325 e. The number of rotatable bonds is 5. The van der Waals surface area contributed by atoms with Crippen molar-refractivity contribution in [2.75, 3.05) is 11.1 Å². The topological polar surface area (TPSA) is 52.9 Å². The maximum Gasteiger partial charge on any atom is 0.234 e. The standard InChI is InChI=1S/C16H9F5N2OS/c17-11-12(18)14(20)16(15(21)13(11)19)25-7-10(24)23-9-3-1-8(2-4-9)5-6-22/h1-4H,5,7H2,(H,23,24). The van der Waals surface area contributed by atoms with Gasteiger partial charge >= 0.3 is 0 Å². The lowest BCUT2D eigenvalue weighted by Gasteiger charge is -2.08. The molecule has 9 heteroatoms. The molecule has 0 unspecified atom stereocenters. The average Bonchev–Trinajstić information content (AvgIpc) is 2.60. The fraction of sp³-hybridized carbons (Fsp3) is 0.125. The van der Waals surface area contributed by atoms with Crippen LogP contribution in [-0.2, 0) is 11.2 Å². The third kappa shape index (κ3) is 4.28. The Balaban J connectivity index is 2.04. The highest BCUT2D eigenvalue weighted by molar-refractivity contribution is 8.00. The Labute approximate surface area is 143 Å². The molecule has 0 saturated heterocycles. The number of carbonyl (C=O) groups excluding carboxylic acids is 1. The van der Waals surface area contributed by atoms with Gasteiger partial charge in [0.1, 0.15) is 0 Å². The van der Waals surface area contributed by atoms with E-state index in [2.05, 4.69) is 5.32 Å². The van der Waals surface area contributed by atoms with Crippen LogP contribution in [0.1, 0.15) is 5.56 Å². The van der Waals surface area contributed by atoms with Crippen LogP contribution in [0.15, 0.2) is 29.2 Å². The average molecular weight is 372 g/mol. The van der Waals surface area contributed by atoms with Crippen LogP contribution in [0.2, 0.25) is 0 Å². The largest absolute Gasteiger partial charge is 0.325 e. The third-order valence-corrected chi connectivity index (χ3v) is 4.09. The molecule has 0 radical (unpaired) electrons. The molecule has 0 aliphatic rings. The van der Waals surface area contributed by atoms with Gasteiger partial charge in [-0.15, -0.1) is 11.8 Å². The number of anilines is 1. The van der Waals surface area contributed by atoms with Crippen molar-refractivity contribution in [1.29, 1.82) is 5.26 Å². The van der Waals surface area contributed by atoms with Crippen LogP contribution in [0.4, 0.5) is 27.6 Å². The lowest BCUT2D eigenvalue weighted by molar-refractivity contribution is -0.113. The molecule has 25 heavy (non-hydrogen) atoms. The molecule has 3 nitrogen and oxygen atoms in total. The molecule has 0 aromatic heterocycles. The molecule has 0 saturated carbocycles. The highest BCUT2D eigenvalue weighted by atomic mass is 32.2. The molecule has 1 N–H and O–H groups in total. The monoisotopic (exact) mass is 372 g/mol. The second-order valence-electron chi connectivity index (χ2n) is 4.77. The van der Waals surface area contributed by atoms with Gasteiger partial charge in [-0.25, -0.2) is 22.0 Å². The number of amides is 1. The minimum absolute atomic E-state index is 0.198. The zero-order valence-corrected chi connectivity index (χ0v) is 13.2. The summed E-state index contributed by atoms with van der Waals surface area (Å²) in [7, 11) is 0. The van der Waals surface area contributed by atoms with E-state index >= 15 is 0 Å². The van der Waals surface area contributed by atoms with E-state index in [0.717, 1.165) is 5.56 Å². The first-order valence-corrected chi connectivity index (χ1v) is 7.73. The Hall–Kier alpha value is -2.60. The van der Waals surface area contributed by atoms with E-state index in [4.69, 9.17) is 5.26 Å². The van der Waals surface area contributed by atoms with Crippen molar-refractivity contribution in [3.05, 3.63) is 58.9 Å². The van der Waals surface area contributed by atoms with Crippen LogP contribution >= 0.6 is 11.8 Å². The SMILES string of the molecule is N#CCc1ccc(NC(=O)CSc2c(F)c(F)c(F)c(F)c2F)cc1. The predicted molar refractivity (Wildman–Crippen MR) is 81.3 cm³/mol. The van der Waals surface area contributed by atoms with Gasteiger partial charge in [0.25, 0.3) is 0 Å². The first-order valence-electron chi connectivity index (χ1n) is 6.75. The Morgan fingerprint density at radius 3 is 2.00 bits per heavy atom. The second-order valence-corrected chi connectivity index (χ2v) is 5.75. The van der Waals surface area contributed by atoms with Crippen LogP contribution in [0.5, 0.6) is 0 Å². The number of hydrogen-bond donors (Lipinski definition) is 1. The number of hydrogen-bond acceptors (Lipinski definition) is 3. The summed E-state index contributed by atoms with van der Waals surface area (Å²) in [5.41, 5.74) is 1.10. The summed E-state index contributed by atoms with van der Waals surface area (Å²) in [6.45, 7) is 0. The Morgan fingerprint density at radius 1 is 0.960 bits per heavy atom. The molecular weight excluding hydrogens is 363 g/mol. The summed E-state index contributed by atoms with van der Waals surface area (Å²) in [5, 5.41) is 11.0. The maximum atomic E-state index is 13.5. The summed E-state index contributed by atoms with van der Waals surface area (Å²) >= 11 is 0.198. The lowest BCUT2D eigenvalue weighted by atomic mass is 10.1. The van der Waals surface area contributed by atoms with Crippen molar-refractivity contribution < 1.29 is 26.7 Å². The van der Waals surface area contributed by atoms with Crippen molar-refractivity contribution in [3.8, 4) is 6.07 Å². The number of halogens is 5. The molecule has 0 aliphatic carbocycles. The van der Waals surface area contributed by atoms with Gasteiger partial charge in [0.15, 0.2) is 23.3 Å². The van der Waals surface area contributed by atoms with Crippen LogP contribution in [-0.4, -0.2) is 11.7 Å². The third-order valence-electron chi connectivity index (χ3n) is 3.04. The van der Waals surface area contributed by atoms with Gasteiger partial charge in [-0.2, -0.15) is 5.26 Å². The Kier molecular flexibility index (Phi) is 5.98. The summed E-state index contributed by atoms with van der Waals surface area (Å²) in [6.07, 6.45) is 0.199. The molecule has 0 bridgehead atoms. The molecule has 0 heterocycles. The first-order chi connectivity index (χ1) is 11.8. The van der Waals surface area contributed by atoms with E-state index in [1.165, 1.54) is 12.1 Å². The van der Waals surface area contributed by atoms with E-state index in [1.807, 2.05) is 6.07 Å². The van der Waals surface area contributed by atoms with E-state index < -0.39 is 45.6 Å². The van der Waals surface area contributed by atoms with Crippen molar-refractivity contribution in [3.63, 3.8) is 0 Å². The number of nitriles is 1. The molecule has 0 spiro atoms. The van der Waals surface area contributed by atoms with E-state index in [9.17, 15) is 26.7 Å². The normalized spacial score (nSPS) is 10.4. The summed E-state index contributed by atoms with van der Waals surface area (Å²) in [4.78, 5) is 10.7. The van der Waals surface area contributed by atoms with Gasteiger partial charge in [-0.05, 0) is 17.7 Å². The summed E-state index contributed by atoms with van der Waals surface area (Å²) < 4.78 is 66.1. The number of nitrogens with zero attached hydrogens (tertiary/aromatic N) is 1. The molecule has 2 rings (SSSR count). The highest BCUT2D eigenvalue weighted by Crippen LogP contribution is 2.30. The molecule has 2 aromatic carbocycles. The maximum absolute atomic E-state index is 13.5. The van der Waals surface area contributed by atoms with Crippen LogP contribution in [0, 0.1) is 40.4 Å². The highest BCUT2D eigenvalue weighted by Gasteiger charge is 2.26. The quantitative estimate of drug-likeness (QED) is 0.371. The van der Waals surface area contributed by atoms with Gasteiger partial charge in [-0.1, -0.05) is 12.1 Å². The van der Waals surface area contributed by atoms with E-state index in [1.54, 1.807) is 12.1 Å². The van der Waals surface area contributed by atoms with E-state index in [0.29, 0.717) is 5.69 Å². The number of nitrogens with one attached hydrogen (secondary N) is 1. The zero-order valence-electron chi connectivity index (χ0n) is 12.4. The second kappa shape index (κ2) is 7.98. The van der Waals surface area contributed by atoms with Crippen molar-refractivity contribution in [2.45, 2.75) is 11.3 Å². The molecule has 0 fully saturated rings. The number of thioether (sulfide) groups is 1. The van der Waals surface area contributed by atoms with Crippen LogP contribution in [0.25, 0.3) is 0 Å². The van der Waals surface area contributed by atoms with Crippen LogP contribution < -0.4 is 5.32 Å². The fourth-order valence-corrected chi connectivity index (χ4v) is 2.62. The van der Waals surface area contributed by atoms with Gasteiger partial charge in [0.2, 0.25) is 11.7 Å². The van der Waals surface area contributed by atoms with Gasteiger partial charge in [-0.3, -0.25) is 4.79 Å².